The highest BCUT2D eigenvalue weighted by atomic mass is 16.6. The van der Waals surface area contributed by atoms with Gasteiger partial charge in [0.1, 0.15) is 11.2 Å². The average molecular weight is 271 g/mol. The highest BCUT2D eigenvalue weighted by molar-refractivity contribution is 6.08. The fourth-order valence-corrected chi connectivity index (χ4v) is 2.10. The Morgan fingerprint density at radius 3 is 2.45 bits per heavy atom. The fraction of sp³-hybridized carbons (Fsp3) is 0. The highest BCUT2D eigenvalue weighted by Gasteiger charge is 2.14. The zero-order chi connectivity index (χ0) is 14.3. The molecule has 0 bridgehead atoms. The Kier molecular flexibility index (Phi) is 2.62. The molecule has 7 heteroatoms. The molecule has 0 aliphatic carbocycles. The number of nitrogens with one attached hydrogen (secondary N) is 1. The molecule has 0 atom stereocenters. The van der Waals surface area contributed by atoms with Crippen molar-refractivity contribution in [1.82, 2.24) is 5.43 Å². The molecule has 0 fully saturated rings. The third kappa shape index (κ3) is 1.77. The molecule has 3 rings (SSSR count). The normalized spacial score (nSPS) is 10.8. The van der Waals surface area contributed by atoms with E-state index in [1.165, 1.54) is 18.2 Å². The molecule has 3 aromatic rings. The first-order valence-corrected chi connectivity index (χ1v) is 5.72. The number of hydrazine groups is 1. The summed E-state index contributed by atoms with van der Waals surface area (Å²) in [6.45, 7) is 0. The minimum atomic E-state index is -0.477. The number of hydrogen-bond donors (Lipinski definition) is 2. The number of amides is 1. The molecular weight excluding hydrogens is 262 g/mol. The van der Waals surface area contributed by atoms with Crippen LogP contribution in [0.15, 0.2) is 40.8 Å². The molecule has 0 unspecified atom stereocenters. The summed E-state index contributed by atoms with van der Waals surface area (Å²) in [6.07, 6.45) is 0. The molecular formula is C13H9N3O4. The van der Waals surface area contributed by atoms with E-state index in [4.69, 9.17) is 10.3 Å². The van der Waals surface area contributed by atoms with Gasteiger partial charge in [0.2, 0.25) is 0 Å². The third-order valence-electron chi connectivity index (χ3n) is 3.06. The average Bonchev–Trinajstić information content (AvgIpc) is 2.83. The summed E-state index contributed by atoms with van der Waals surface area (Å²) >= 11 is 0. The van der Waals surface area contributed by atoms with Gasteiger partial charge in [0.15, 0.2) is 0 Å². The first kappa shape index (κ1) is 12.1. The van der Waals surface area contributed by atoms with Gasteiger partial charge in [-0.05, 0) is 24.3 Å². The fourth-order valence-electron chi connectivity index (χ4n) is 2.10. The zero-order valence-electron chi connectivity index (χ0n) is 10.1. The molecule has 1 heterocycles. The topological polar surface area (TPSA) is 111 Å². The number of nitrogens with two attached hydrogens (primary N) is 1. The highest BCUT2D eigenvalue weighted by Crippen LogP contribution is 2.31. The lowest BCUT2D eigenvalue weighted by molar-refractivity contribution is -0.384. The quantitative estimate of drug-likeness (QED) is 0.321. The second-order valence-electron chi connectivity index (χ2n) is 4.22. The monoisotopic (exact) mass is 271 g/mol. The van der Waals surface area contributed by atoms with Gasteiger partial charge in [0, 0.05) is 28.5 Å². The smallest absolute Gasteiger partial charge is 0.270 e. The van der Waals surface area contributed by atoms with Crippen LogP contribution in [0.2, 0.25) is 0 Å². The lowest BCUT2D eigenvalue weighted by Gasteiger charge is -1.98. The number of furan rings is 1. The van der Waals surface area contributed by atoms with Gasteiger partial charge < -0.3 is 4.42 Å². The Morgan fingerprint density at radius 1 is 1.15 bits per heavy atom. The van der Waals surface area contributed by atoms with Gasteiger partial charge in [-0.3, -0.25) is 20.3 Å². The predicted octanol–water partition coefficient (Wildman–Crippen LogP) is 2.10. The van der Waals surface area contributed by atoms with Crippen molar-refractivity contribution in [2.24, 2.45) is 5.84 Å². The van der Waals surface area contributed by atoms with E-state index >= 15 is 0 Å². The van der Waals surface area contributed by atoms with Crippen molar-refractivity contribution >= 4 is 33.5 Å². The minimum Gasteiger partial charge on any atom is -0.456 e. The van der Waals surface area contributed by atoms with Crippen LogP contribution in [0.25, 0.3) is 21.9 Å². The largest absolute Gasteiger partial charge is 0.456 e. The molecule has 0 spiro atoms. The zero-order valence-corrected chi connectivity index (χ0v) is 10.1. The Bertz CT molecular complexity index is 853. The van der Waals surface area contributed by atoms with Crippen LogP contribution in [0, 0.1) is 10.1 Å². The SMILES string of the molecule is NNC(=O)c1ccc2oc3ccc([N+](=O)[O-])cc3c2c1. The molecule has 0 radical (unpaired) electrons. The van der Waals surface area contributed by atoms with E-state index in [-0.39, 0.29) is 5.69 Å². The van der Waals surface area contributed by atoms with Gasteiger partial charge in [-0.1, -0.05) is 0 Å². The minimum absolute atomic E-state index is 0.0334. The summed E-state index contributed by atoms with van der Waals surface area (Å²) in [6, 6.07) is 9.12. The van der Waals surface area contributed by atoms with Crippen LogP contribution in [0.1, 0.15) is 10.4 Å². The maximum atomic E-state index is 11.5. The summed E-state index contributed by atoms with van der Waals surface area (Å²) in [5, 5.41) is 12.0. The second kappa shape index (κ2) is 4.32. The van der Waals surface area contributed by atoms with E-state index in [2.05, 4.69) is 0 Å². The van der Waals surface area contributed by atoms with E-state index in [0.717, 1.165) is 0 Å². The van der Waals surface area contributed by atoms with Crippen molar-refractivity contribution in [2.75, 3.05) is 0 Å². The number of non-ortho nitro benzene ring substituents is 1. The molecule has 0 aliphatic rings. The van der Waals surface area contributed by atoms with Crippen molar-refractivity contribution < 1.29 is 14.1 Å². The molecule has 2 aromatic carbocycles. The van der Waals surface area contributed by atoms with E-state index in [1.807, 2.05) is 5.43 Å². The predicted molar refractivity (Wildman–Crippen MR) is 72.0 cm³/mol. The summed E-state index contributed by atoms with van der Waals surface area (Å²) < 4.78 is 5.57. The Hall–Kier alpha value is -2.93. The van der Waals surface area contributed by atoms with Crippen molar-refractivity contribution in [1.29, 1.82) is 0 Å². The Labute approximate surface area is 112 Å². The molecule has 0 aliphatic heterocycles. The first-order chi connectivity index (χ1) is 9.60. The van der Waals surface area contributed by atoms with Gasteiger partial charge >= 0.3 is 0 Å². The molecule has 3 N–H and O–H groups in total. The van der Waals surface area contributed by atoms with E-state index in [0.29, 0.717) is 27.5 Å². The van der Waals surface area contributed by atoms with Crippen LogP contribution in [-0.4, -0.2) is 10.8 Å². The van der Waals surface area contributed by atoms with Gasteiger partial charge in [-0.15, -0.1) is 0 Å². The van der Waals surface area contributed by atoms with Gasteiger partial charge in [0.05, 0.1) is 4.92 Å². The van der Waals surface area contributed by atoms with Crippen LogP contribution in [0.3, 0.4) is 0 Å². The maximum Gasteiger partial charge on any atom is 0.270 e. The molecule has 100 valence electrons. The van der Waals surface area contributed by atoms with E-state index in [1.54, 1.807) is 18.2 Å². The standard InChI is InChI=1S/C13H9N3O4/c14-15-13(17)7-1-3-11-9(5-7)10-6-8(16(18)19)2-4-12(10)20-11/h1-6H,14H2,(H,15,17). The maximum absolute atomic E-state index is 11.5. The molecule has 0 saturated carbocycles. The number of fused-ring (bicyclic) bond motifs is 3. The summed E-state index contributed by atoms with van der Waals surface area (Å²) in [7, 11) is 0. The number of carbonyl (C=O) groups is 1. The van der Waals surface area contributed by atoms with Crippen molar-refractivity contribution in [3.8, 4) is 0 Å². The summed E-state index contributed by atoms with van der Waals surface area (Å²) in [5.41, 5.74) is 3.43. The van der Waals surface area contributed by atoms with E-state index in [9.17, 15) is 14.9 Å². The number of nitrogen functional groups attached to an aromatic ring is 1. The summed E-state index contributed by atoms with van der Waals surface area (Å²) in [4.78, 5) is 21.9. The number of hydrogen-bond acceptors (Lipinski definition) is 5. The van der Waals surface area contributed by atoms with Gasteiger partial charge in [-0.2, -0.15) is 0 Å². The van der Waals surface area contributed by atoms with Crippen LogP contribution >= 0.6 is 0 Å². The Balaban J connectivity index is 2.31. The third-order valence-corrected chi connectivity index (χ3v) is 3.06. The van der Waals surface area contributed by atoms with E-state index < -0.39 is 10.8 Å². The Morgan fingerprint density at radius 2 is 1.80 bits per heavy atom. The number of benzene rings is 2. The van der Waals surface area contributed by atoms with Crippen molar-refractivity contribution in [3.63, 3.8) is 0 Å². The van der Waals surface area contributed by atoms with Crippen LogP contribution in [0.4, 0.5) is 5.69 Å². The van der Waals surface area contributed by atoms with Crippen LogP contribution in [-0.2, 0) is 0 Å². The lowest BCUT2D eigenvalue weighted by atomic mass is 10.1. The first-order valence-electron chi connectivity index (χ1n) is 5.72. The lowest BCUT2D eigenvalue weighted by Crippen LogP contribution is -2.29. The van der Waals surface area contributed by atoms with Crippen molar-refractivity contribution in [3.05, 3.63) is 52.1 Å². The van der Waals surface area contributed by atoms with Crippen molar-refractivity contribution in [2.45, 2.75) is 0 Å². The number of nitro benzene ring substituents is 1. The number of nitrogens with zero attached hydrogens (tertiary/aromatic N) is 1. The number of nitro groups is 1. The van der Waals surface area contributed by atoms with Gasteiger partial charge in [-0.25, -0.2) is 5.84 Å². The second-order valence-corrected chi connectivity index (χ2v) is 4.22. The molecule has 7 nitrogen and oxygen atoms in total. The molecule has 20 heavy (non-hydrogen) atoms. The van der Waals surface area contributed by atoms with Crippen LogP contribution in [0.5, 0.6) is 0 Å². The molecule has 1 amide bonds. The van der Waals surface area contributed by atoms with Gasteiger partial charge in [0.25, 0.3) is 11.6 Å². The number of rotatable bonds is 2. The molecule has 0 saturated heterocycles. The van der Waals surface area contributed by atoms with Crippen LogP contribution < -0.4 is 11.3 Å². The molecule has 1 aromatic heterocycles. The summed E-state index contributed by atoms with van der Waals surface area (Å²) in [5.74, 6) is 4.65. The number of carbonyl (C=O) groups excluding carboxylic acids is 1.